The third kappa shape index (κ3) is 4.97. The number of carbonyl (C=O) groups excluding carboxylic acids is 1. The van der Waals surface area contributed by atoms with Gasteiger partial charge in [0.1, 0.15) is 0 Å². The number of ether oxygens (including phenoxy) is 1. The first-order chi connectivity index (χ1) is 7.59. The van der Waals surface area contributed by atoms with Crippen molar-refractivity contribution >= 4 is 5.91 Å². The van der Waals surface area contributed by atoms with Crippen molar-refractivity contribution in [3.05, 3.63) is 0 Å². The monoisotopic (exact) mass is 227 g/mol. The Balaban J connectivity index is 2.22. The first kappa shape index (κ1) is 13.5. The molecule has 1 heterocycles. The van der Waals surface area contributed by atoms with Gasteiger partial charge in [-0.2, -0.15) is 0 Å². The summed E-state index contributed by atoms with van der Waals surface area (Å²) in [6.07, 6.45) is 3.89. The first-order valence-electron chi connectivity index (χ1n) is 6.41. The molecule has 94 valence electrons. The summed E-state index contributed by atoms with van der Waals surface area (Å²) >= 11 is 0. The van der Waals surface area contributed by atoms with Crippen molar-refractivity contribution in [2.75, 3.05) is 26.8 Å². The van der Waals surface area contributed by atoms with Gasteiger partial charge in [0, 0.05) is 33.2 Å². The molecule has 1 amide bonds. The standard InChI is InChI=1S/C13H25NO2/c1-11(2)4-7-14(3)13(15)10-12-5-8-16-9-6-12/h11-12H,4-10H2,1-3H3. The number of hydrogen-bond acceptors (Lipinski definition) is 2. The second kappa shape index (κ2) is 6.89. The Morgan fingerprint density at radius 2 is 2.00 bits per heavy atom. The van der Waals surface area contributed by atoms with Crippen LogP contribution in [-0.4, -0.2) is 37.6 Å². The molecular weight excluding hydrogens is 202 g/mol. The van der Waals surface area contributed by atoms with E-state index in [9.17, 15) is 4.79 Å². The summed E-state index contributed by atoms with van der Waals surface area (Å²) in [5.74, 6) is 1.51. The maximum absolute atomic E-state index is 11.9. The van der Waals surface area contributed by atoms with Gasteiger partial charge in [-0.05, 0) is 31.1 Å². The van der Waals surface area contributed by atoms with Gasteiger partial charge in [-0.1, -0.05) is 13.8 Å². The van der Waals surface area contributed by atoms with Crippen LogP contribution in [0.2, 0.25) is 0 Å². The van der Waals surface area contributed by atoms with E-state index in [1.54, 1.807) is 0 Å². The Morgan fingerprint density at radius 1 is 1.38 bits per heavy atom. The highest BCUT2D eigenvalue weighted by molar-refractivity contribution is 5.76. The van der Waals surface area contributed by atoms with Gasteiger partial charge in [0.2, 0.25) is 5.91 Å². The average Bonchev–Trinajstić information content (AvgIpc) is 2.27. The van der Waals surface area contributed by atoms with E-state index in [1.165, 1.54) is 0 Å². The molecule has 1 saturated heterocycles. The van der Waals surface area contributed by atoms with E-state index in [1.807, 2.05) is 11.9 Å². The van der Waals surface area contributed by atoms with Gasteiger partial charge in [-0.25, -0.2) is 0 Å². The molecule has 0 spiro atoms. The zero-order chi connectivity index (χ0) is 12.0. The van der Waals surface area contributed by atoms with Crippen molar-refractivity contribution in [3.63, 3.8) is 0 Å². The van der Waals surface area contributed by atoms with Crippen LogP contribution in [0.5, 0.6) is 0 Å². The number of carbonyl (C=O) groups is 1. The lowest BCUT2D eigenvalue weighted by atomic mass is 9.96. The largest absolute Gasteiger partial charge is 0.381 e. The number of nitrogens with zero attached hydrogens (tertiary/aromatic N) is 1. The highest BCUT2D eigenvalue weighted by Gasteiger charge is 2.19. The molecule has 0 N–H and O–H groups in total. The summed E-state index contributed by atoms with van der Waals surface area (Å²) in [4.78, 5) is 13.8. The third-order valence-corrected chi connectivity index (χ3v) is 3.27. The molecule has 0 aromatic carbocycles. The van der Waals surface area contributed by atoms with Crippen molar-refractivity contribution in [1.82, 2.24) is 4.90 Å². The number of amides is 1. The lowest BCUT2D eigenvalue weighted by molar-refractivity contribution is -0.131. The van der Waals surface area contributed by atoms with Gasteiger partial charge in [-0.3, -0.25) is 4.79 Å². The van der Waals surface area contributed by atoms with E-state index >= 15 is 0 Å². The van der Waals surface area contributed by atoms with Crippen LogP contribution >= 0.6 is 0 Å². The van der Waals surface area contributed by atoms with Crippen molar-refractivity contribution in [1.29, 1.82) is 0 Å². The zero-order valence-corrected chi connectivity index (χ0v) is 10.9. The molecule has 0 aromatic rings. The lowest BCUT2D eigenvalue weighted by Gasteiger charge is -2.24. The molecule has 0 bridgehead atoms. The fourth-order valence-corrected chi connectivity index (χ4v) is 1.93. The summed E-state index contributed by atoms with van der Waals surface area (Å²) in [5, 5.41) is 0. The van der Waals surface area contributed by atoms with E-state index in [0.29, 0.717) is 24.2 Å². The van der Waals surface area contributed by atoms with Crippen LogP contribution in [0.25, 0.3) is 0 Å². The Morgan fingerprint density at radius 3 is 2.56 bits per heavy atom. The average molecular weight is 227 g/mol. The van der Waals surface area contributed by atoms with Gasteiger partial charge in [0.15, 0.2) is 0 Å². The summed E-state index contributed by atoms with van der Waals surface area (Å²) in [7, 11) is 1.92. The smallest absolute Gasteiger partial charge is 0.222 e. The molecule has 0 aromatic heterocycles. The van der Waals surface area contributed by atoms with Gasteiger partial charge in [0.25, 0.3) is 0 Å². The predicted octanol–water partition coefficient (Wildman–Crippen LogP) is 2.31. The van der Waals surface area contributed by atoms with E-state index in [2.05, 4.69) is 13.8 Å². The molecule has 3 nitrogen and oxygen atoms in total. The Hall–Kier alpha value is -0.570. The molecule has 16 heavy (non-hydrogen) atoms. The van der Waals surface area contributed by atoms with Gasteiger partial charge < -0.3 is 9.64 Å². The fraction of sp³-hybridized carbons (Fsp3) is 0.923. The van der Waals surface area contributed by atoms with Crippen molar-refractivity contribution < 1.29 is 9.53 Å². The summed E-state index contributed by atoms with van der Waals surface area (Å²) in [6.45, 7) is 6.93. The number of rotatable bonds is 5. The van der Waals surface area contributed by atoms with E-state index in [0.717, 1.165) is 39.0 Å². The minimum Gasteiger partial charge on any atom is -0.381 e. The third-order valence-electron chi connectivity index (χ3n) is 3.27. The fourth-order valence-electron chi connectivity index (χ4n) is 1.93. The SMILES string of the molecule is CC(C)CCN(C)C(=O)CC1CCOCC1. The first-order valence-corrected chi connectivity index (χ1v) is 6.41. The van der Waals surface area contributed by atoms with Crippen molar-refractivity contribution in [3.8, 4) is 0 Å². The zero-order valence-electron chi connectivity index (χ0n) is 10.9. The highest BCUT2D eigenvalue weighted by Crippen LogP contribution is 2.19. The molecule has 1 aliphatic heterocycles. The van der Waals surface area contributed by atoms with Crippen LogP contribution in [0.3, 0.4) is 0 Å². The number of hydrogen-bond donors (Lipinski definition) is 0. The van der Waals surface area contributed by atoms with Crippen LogP contribution in [-0.2, 0) is 9.53 Å². The molecule has 0 atom stereocenters. The maximum atomic E-state index is 11.9. The molecule has 1 aliphatic rings. The molecule has 0 unspecified atom stereocenters. The molecule has 0 saturated carbocycles. The molecule has 1 rings (SSSR count). The quantitative estimate of drug-likeness (QED) is 0.721. The second-order valence-corrected chi connectivity index (χ2v) is 5.26. The normalized spacial score (nSPS) is 17.8. The van der Waals surface area contributed by atoms with Crippen LogP contribution in [0.1, 0.15) is 39.5 Å². The predicted molar refractivity (Wildman–Crippen MR) is 65.3 cm³/mol. The molecule has 0 aliphatic carbocycles. The Bertz CT molecular complexity index is 210. The summed E-state index contributed by atoms with van der Waals surface area (Å²) in [5.41, 5.74) is 0. The molecule has 1 fully saturated rings. The minimum absolute atomic E-state index is 0.299. The highest BCUT2D eigenvalue weighted by atomic mass is 16.5. The van der Waals surface area contributed by atoms with Gasteiger partial charge >= 0.3 is 0 Å². The topological polar surface area (TPSA) is 29.5 Å². The maximum Gasteiger partial charge on any atom is 0.222 e. The van der Waals surface area contributed by atoms with Gasteiger partial charge in [-0.15, -0.1) is 0 Å². The summed E-state index contributed by atoms with van der Waals surface area (Å²) < 4.78 is 5.30. The second-order valence-electron chi connectivity index (χ2n) is 5.26. The van der Waals surface area contributed by atoms with Crippen LogP contribution in [0, 0.1) is 11.8 Å². The molecule has 0 radical (unpaired) electrons. The molecule has 3 heteroatoms. The molecular formula is C13H25NO2. The van der Waals surface area contributed by atoms with Crippen molar-refractivity contribution in [2.24, 2.45) is 11.8 Å². The van der Waals surface area contributed by atoms with E-state index in [4.69, 9.17) is 4.74 Å². The Labute approximate surface area is 99.1 Å². The lowest BCUT2D eigenvalue weighted by Crippen LogP contribution is -2.31. The Kier molecular flexibility index (Phi) is 5.81. The van der Waals surface area contributed by atoms with Crippen LogP contribution in [0.15, 0.2) is 0 Å². The van der Waals surface area contributed by atoms with Crippen molar-refractivity contribution in [2.45, 2.75) is 39.5 Å². The van der Waals surface area contributed by atoms with Crippen LogP contribution in [0.4, 0.5) is 0 Å². The minimum atomic E-state index is 0.299. The van der Waals surface area contributed by atoms with E-state index < -0.39 is 0 Å². The van der Waals surface area contributed by atoms with Gasteiger partial charge in [0.05, 0.1) is 0 Å². The van der Waals surface area contributed by atoms with E-state index in [-0.39, 0.29) is 0 Å². The van der Waals surface area contributed by atoms with Crippen LogP contribution < -0.4 is 0 Å². The summed E-state index contributed by atoms with van der Waals surface area (Å²) in [6, 6.07) is 0.